The van der Waals surface area contributed by atoms with Crippen LogP contribution >= 0.6 is 39.3 Å². The number of amides is 2. The lowest BCUT2D eigenvalue weighted by Gasteiger charge is -2.37. The normalized spacial score (nSPS) is 32.1. The van der Waals surface area contributed by atoms with E-state index >= 15 is 0 Å². The van der Waals surface area contributed by atoms with Gasteiger partial charge in [-0.15, -0.1) is 18.3 Å². The number of aliphatic hydroxyl groups excluding tert-OH is 1. The quantitative estimate of drug-likeness (QED) is 0.301. The van der Waals surface area contributed by atoms with Crippen molar-refractivity contribution < 1.29 is 24.2 Å². The number of alkyl halides is 1. The average Bonchev–Trinajstić information content (AvgIpc) is 3.37. The van der Waals surface area contributed by atoms with Crippen molar-refractivity contribution in [1.82, 2.24) is 4.90 Å². The second-order valence-corrected chi connectivity index (χ2v) is 11.5. The van der Waals surface area contributed by atoms with Crippen LogP contribution in [0.5, 0.6) is 0 Å². The lowest BCUT2D eigenvalue weighted by atomic mass is 9.71. The second kappa shape index (κ2) is 9.60. The smallest absolute Gasteiger partial charge is 0.310 e. The molecule has 4 rings (SSSR count). The molecule has 0 aromatic heterocycles. The largest absolute Gasteiger partial charge is 0.466 e. The molecule has 3 aliphatic heterocycles. The van der Waals surface area contributed by atoms with Crippen LogP contribution in [0.25, 0.3) is 0 Å². The van der Waals surface area contributed by atoms with E-state index in [0.717, 1.165) is 0 Å². The van der Waals surface area contributed by atoms with Crippen molar-refractivity contribution >= 4 is 62.8 Å². The first-order chi connectivity index (χ1) is 15.8. The number of rotatable bonds is 8. The van der Waals surface area contributed by atoms with Crippen molar-refractivity contribution in [2.24, 2.45) is 11.8 Å². The number of nitrogens with zero attached hydrogens (tertiary/aromatic N) is 2. The van der Waals surface area contributed by atoms with Gasteiger partial charge in [0, 0.05) is 33.9 Å². The van der Waals surface area contributed by atoms with Crippen LogP contribution in [0.15, 0.2) is 36.9 Å². The Balaban J connectivity index is 1.78. The summed E-state index contributed by atoms with van der Waals surface area (Å²) in [5.74, 6) is -2.25. The summed E-state index contributed by atoms with van der Waals surface area (Å²) in [4.78, 5) is 43.6. The summed E-state index contributed by atoms with van der Waals surface area (Å²) in [7, 11) is 0. The minimum Gasteiger partial charge on any atom is -0.466 e. The maximum Gasteiger partial charge on any atom is 0.310 e. The highest BCUT2D eigenvalue weighted by molar-refractivity contribution is 9.09. The molecule has 2 bridgehead atoms. The molecule has 1 aromatic carbocycles. The van der Waals surface area contributed by atoms with Gasteiger partial charge in [-0.2, -0.15) is 0 Å². The van der Waals surface area contributed by atoms with Crippen LogP contribution in [-0.4, -0.2) is 75.0 Å². The number of carbonyl (C=O) groups is 3. The predicted octanol–water partition coefficient (Wildman–Crippen LogP) is 2.88. The molecular weight excluding hydrogens is 532 g/mol. The zero-order valence-corrected chi connectivity index (χ0v) is 21.3. The maximum absolute atomic E-state index is 14.1. The van der Waals surface area contributed by atoms with Gasteiger partial charge in [-0.25, -0.2) is 0 Å². The van der Waals surface area contributed by atoms with E-state index in [4.69, 9.17) is 16.3 Å². The highest BCUT2D eigenvalue weighted by atomic mass is 79.9. The van der Waals surface area contributed by atoms with Crippen molar-refractivity contribution in [2.75, 3.05) is 31.2 Å². The number of esters is 1. The van der Waals surface area contributed by atoms with Gasteiger partial charge in [-0.05, 0) is 37.6 Å². The van der Waals surface area contributed by atoms with Crippen LogP contribution < -0.4 is 4.90 Å². The number of aliphatic hydroxyl groups is 1. The van der Waals surface area contributed by atoms with E-state index in [1.54, 1.807) is 42.2 Å². The molecule has 33 heavy (non-hydrogen) atoms. The third kappa shape index (κ3) is 3.90. The van der Waals surface area contributed by atoms with Crippen LogP contribution in [0.1, 0.15) is 13.3 Å². The Bertz CT molecular complexity index is 963. The van der Waals surface area contributed by atoms with Crippen molar-refractivity contribution in [3.8, 4) is 0 Å². The van der Waals surface area contributed by atoms with Gasteiger partial charge in [0.1, 0.15) is 6.04 Å². The Morgan fingerprint density at radius 3 is 2.73 bits per heavy atom. The molecular formula is C23H26BrClN2O5S. The molecule has 0 aliphatic carbocycles. The maximum atomic E-state index is 14.1. The molecule has 3 fully saturated rings. The zero-order valence-electron chi connectivity index (χ0n) is 18.2. The topological polar surface area (TPSA) is 87.2 Å². The fraction of sp³-hybridized carbons (Fsp3) is 0.522. The van der Waals surface area contributed by atoms with E-state index in [2.05, 4.69) is 22.5 Å². The molecule has 1 aromatic rings. The third-order valence-electron chi connectivity index (χ3n) is 6.64. The monoisotopic (exact) mass is 556 g/mol. The number of halogens is 2. The second-order valence-electron chi connectivity index (χ2n) is 8.38. The molecule has 1 spiro atoms. The van der Waals surface area contributed by atoms with E-state index in [-0.39, 0.29) is 48.2 Å². The fourth-order valence-electron chi connectivity index (χ4n) is 5.49. The van der Waals surface area contributed by atoms with Crippen LogP contribution in [0.3, 0.4) is 0 Å². The summed E-state index contributed by atoms with van der Waals surface area (Å²) in [6.07, 6.45) is 2.19. The summed E-state index contributed by atoms with van der Waals surface area (Å²) in [5.41, 5.74) is 0.635. The number of β-amino-alcohol motifs (C(OH)–C–C–N with tert-alkyl or cyclic N) is 1. The molecule has 3 aliphatic rings. The van der Waals surface area contributed by atoms with E-state index in [1.165, 1.54) is 16.7 Å². The number of fused-ring (bicyclic) bond motifs is 1. The Morgan fingerprint density at radius 2 is 2.12 bits per heavy atom. The van der Waals surface area contributed by atoms with E-state index in [0.29, 0.717) is 17.1 Å². The van der Waals surface area contributed by atoms with Gasteiger partial charge >= 0.3 is 5.97 Å². The van der Waals surface area contributed by atoms with Gasteiger partial charge in [-0.1, -0.05) is 33.6 Å². The summed E-state index contributed by atoms with van der Waals surface area (Å²) in [6, 6.07) is 6.08. The Hall–Kier alpha value is -1.55. The van der Waals surface area contributed by atoms with Crippen LogP contribution in [0.4, 0.5) is 5.69 Å². The average molecular weight is 558 g/mol. The van der Waals surface area contributed by atoms with E-state index in [1.807, 2.05) is 0 Å². The summed E-state index contributed by atoms with van der Waals surface area (Å²) in [6.45, 7) is 5.73. The molecule has 10 heteroatoms. The van der Waals surface area contributed by atoms with Gasteiger partial charge in [0.05, 0.1) is 29.8 Å². The van der Waals surface area contributed by atoms with Gasteiger partial charge in [0.15, 0.2) is 0 Å². The molecule has 3 unspecified atom stereocenters. The molecule has 3 heterocycles. The van der Waals surface area contributed by atoms with Crippen molar-refractivity contribution in [2.45, 2.75) is 34.2 Å². The molecule has 3 saturated heterocycles. The highest BCUT2D eigenvalue weighted by Crippen LogP contribution is 2.68. The molecule has 1 N–H and O–H groups in total. The lowest BCUT2D eigenvalue weighted by molar-refractivity contribution is -0.153. The number of hydrogen-bond acceptors (Lipinski definition) is 6. The minimum atomic E-state index is -0.827. The summed E-state index contributed by atoms with van der Waals surface area (Å²) < 4.78 is 4.54. The molecule has 6 atom stereocenters. The lowest BCUT2D eigenvalue weighted by Crippen LogP contribution is -2.56. The predicted molar refractivity (Wildman–Crippen MR) is 132 cm³/mol. The molecule has 0 saturated carbocycles. The van der Waals surface area contributed by atoms with Crippen LogP contribution in [0, 0.1) is 11.8 Å². The molecule has 0 radical (unpaired) electrons. The first-order valence-electron chi connectivity index (χ1n) is 10.9. The van der Waals surface area contributed by atoms with Crippen molar-refractivity contribution in [1.29, 1.82) is 0 Å². The van der Waals surface area contributed by atoms with Crippen molar-refractivity contribution in [3.05, 3.63) is 41.9 Å². The summed E-state index contributed by atoms with van der Waals surface area (Å²) in [5, 5.41) is 10.1. The van der Waals surface area contributed by atoms with Crippen LogP contribution in [-0.2, 0) is 19.1 Å². The number of carbonyl (C=O) groups excluding carboxylic acids is 3. The molecule has 2 amide bonds. The van der Waals surface area contributed by atoms with Crippen molar-refractivity contribution in [3.63, 3.8) is 0 Å². The van der Waals surface area contributed by atoms with E-state index < -0.39 is 28.6 Å². The van der Waals surface area contributed by atoms with E-state index in [9.17, 15) is 19.5 Å². The SMILES string of the molecule is C=CCN(C(=O)C1N(CCO)C(=O)[C@@H]2[C@@H](C(=O)OCC)[C@@H]3SC12CC3Br)c1ccc(Cl)cc1. The standard InChI is InChI=1S/C23H26BrClN2O5S/c1-3-9-26(14-7-5-13(25)6-8-14)21(30)19-23-12-15(24)18(33-23)16(22(31)32-4-2)17(23)20(29)27(19)10-11-28/h3,5-8,15-19,28H,1,4,9-12H2,2H3/t15?,16-,17+,18-,19?,23?/m1/s1. The number of ether oxygens (including phenoxy) is 1. The highest BCUT2D eigenvalue weighted by Gasteiger charge is 2.76. The number of thioether (sulfide) groups is 1. The zero-order chi connectivity index (χ0) is 23.9. The first-order valence-corrected chi connectivity index (χ1v) is 13.1. The number of likely N-dealkylation sites (tertiary alicyclic amines) is 1. The van der Waals surface area contributed by atoms with Gasteiger partial charge < -0.3 is 19.6 Å². The van der Waals surface area contributed by atoms with Crippen LogP contribution in [0.2, 0.25) is 5.02 Å². The Kier molecular flexibility index (Phi) is 7.15. The summed E-state index contributed by atoms with van der Waals surface area (Å²) >= 11 is 11.3. The number of benzene rings is 1. The first kappa shape index (κ1) is 24.6. The van der Waals surface area contributed by atoms with Gasteiger partial charge in [0.2, 0.25) is 5.91 Å². The Morgan fingerprint density at radius 1 is 1.42 bits per heavy atom. The minimum absolute atomic E-state index is 0.0176. The molecule has 178 valence electrons. The third-order valence-corrected chi connectivity index (χ3v) is 10.1. The molecule has 7 nitrogen and oxygen atoms in total. The number of anilines is 1. The van der Waals surface area contributed by atoms with Gasteiger partial charge in [0.25, 0.3) is 5.91 Å². The Labute approximate surface area is 210 Å². The van der Waals surface area contributed by atoms with Gasteiger partial charge in [-0.3, -0.25) is 14.4 Å². The fourth-order valence-corrected chi connectivity index (χ4v) is 9.21. The number of hydrogen-bond donors (Lipinski definition) is 1.